The predicted octanol–water partition coefficient (Wildman–Crippen LogP) is 1.20. The van der Waals surface area contributed by atoms with Crippen LogP contribution in [0.15, 0.2) is 18.2 Å². The maximum absolute atomic E-state index is 14.9. The first-order valence-electron chi connectivity index (χ1n) is 10.2. The summed E-state index contributed by atoms with van der Waals surface area (Å²) < 4.78 is 31.6. The van der Waals surface area contributed by atoms with Gasteiger partial charge in [0.25, 0.3) is 0 Å². The molecule has 3 aliphatic heterocycles. The Hall–Kier alpha value is -2.47. The highest BCUT2D eigenvalue weighted by Gasteiger charge is 2.44. The summed E-state index contributed by atoms with van der Waals surface area (Å²) in [5.41, 5.74) is 0.720. The van der Waals surface area contributed by atoms with E-state index in [-0.39, 0.29) is 30.9 Å². The number of ether oxygens (including phenoxy) is 3. The van der Waals surface area contributed by atoms with Crippen molar-refractivity contribution in [3.05, 3.63) is 29.2 Å². The molecule has 4 rings (SSSR count). The highest BCUT2D eigenvalue weighted by molar-refractivity contribution is 5.90. The van der Waals surface area contributed by atoms with E-state index in [9.17, 15) is 24.3 Å². The summed E-state index contributed by atoms with van der Waals surface area (Å²) in [7, 11) is 0. The molecule has 0 aliphatic carbocycles. The molecule has 3 aliphatic rings. The van der Waals surface area contributed by atoms with Gasteiger partial charge in [-0.1, -0.05) is 0 Å². The van der Waals surface area contributed by atoms with Gasteiger partial charge in [-0.25, -0.2) is 9.18 Å². The highest BCUT2D eigenvalue weighted by atomic mass is 19.1. The lowest BCUT2D eigenvalue weighted by molar-refractivity contribution is -0.183. The number of carbonyl (C=O) groups excluding carboxylic acids is 2. The van der Waals surface area contributed by atoms with Gasteiger partial charge in [0.15, 0.2) is 5.79 Å². The lowest BCUT2D eigenvalue weighted by atomic mass is 10.0. The van der Waals surface area contributed by atoms with E-state index in [1.54, 1.807) is 12.1 Å². The molecule has 0 radical (unpaired) electrons. The Balaban J connectivity index is 1.39. The van der Waals surface area contributed by atoms with E-state index in [1.165, 1.54) is 11.0 Å². The number of carbonyl (C=O) groups is 2. The minimum absolute atomic E-state index is 0.0522. The first kappa shape index (κ1) is 21.8. The van der Waals surface area contributed by atoms with Crippen molar-refractivity contribution in [2.75, 3.05) is 49.2 Å². The first-order valence-corrected chi connectivity index (χ1v) is 10.2. The second kappa shape index (κ2) is 8.58. The van der Waals surface area contributed by atoms with Gasteiger partial charge in [-0.05, 0) is 18.2 Å². The summed E-state index contributed by atoms with van der Waals surface area (Å²) in [5.74, 6) is -1.88. The van der Waals surface area contributed by atoms with E-state index < -0.39 is 29.7 Å². The SMILES string of the molecule is CC(=O)N([O-])CC1CN(c2ccc(N3CCC4(CC3)OCC(CO)O4)c(F)c2)C(=O)O1. The molecule has 0 saturated carbocycles. The zero-order valence-electron chi connectivity index (χ0n) is 17.2. The van der Waals surface area contributed by atoms with Crippen molar-refractivity contribution in [1.29, 1.82) is 0 Å². The molecule has 0 aromatic heterocycles. The molecule has 2 amide bonds. The van der Waals surface area contributed by atoms with E-state index in [0.29, 0.717) is 43.9 Å². The first-order chi connectivity index (χ1) is 14.8. The van der Waals surface area contributed by atoms with Crippen LogP contribution in [0.4, 0.5) is 20.6 Å². The smallest absolute Gasteiger partial charge is 0.414 e. The standard InChI is InChI=1S/C20H25FN3O7/c1-13(26)24(28)10-15-9-23(19(27)30-15)14-2-3-18(17(21)8-14)22-6-4-20(5-7-22)29-12-16(11-25)31-20/h2-3,8,15-16,25H,4-7,9-12H2,1H3/q-1. The van der Waals surface area contributed by atoms with Crippen molar-refractivity contribution < 1.29 is 33.3 Å². The lowest BCUT2D eigenvalue weighted by Gasteiger charge is -2.39. The number of benzene rings is 1. The monoisotopic (exact) mass is 438 g/mol. The van der Waals surface area contributed by atoms with Crippen LogP contribution in [-0.2, 0) is 19.0 Å². The third-order valence-electron chi connectivity index (χ3n) is 5.82. The van der Waals surface area contributed by atoms with E-state index in [1.807, 2.05) is 4.90 Å². The van der Waals surface area contributed by atoms with E-state index in [0.717, 1.165) is 6.92 Å². The maximum Gasteiger partial charge on any atom is 0.414 e. The molecule has 2 atom stereocenters. The molecular formula is C20H25FN3O7-. The van der Waals surface area contributed by atoms with Crippen LogP contribution in [0.1, 0.15) is 19.8 Å². The molecule has 0 bridgehead atoms. The zero-order chi connectivity index (χ0) is 22.2. The largest absolute Gasteiger partial charge is 0.756 e. The number of rotatable bonds is 5. The number of hydrogen-bond acceptors (Lipinski definition) is 8. The van der Waals surface area contributed by atoms with Gasteiger partial charge < -0.3 is 34.5 Å². The van der Waals surface area contributed by atoms with Gasteiger partial charge in [0, 0.05) is 39.4 Å². The summed E-state index contributed by atoms with van der Waals surface area (Å²) in [6.07, 6.45) is -0.692. The molecule has 3 fully saturated rings. The average Bonchev–Trinajstić information content (AvgIpc) is 3.32. The van der Waals surface area contributed by atoms with Crippen LogP contribution in [0.25, 0.3) is 0 Å². The van der Waals surface area contributed by atoms with Crippen molar-refractivity contribution in [2.45, 2.75) is 37.8 Å². The van der Waals surface area contributed by atoms with Crippen LogP contribution in [0.3, 0.4) is 0 Å². The number of piperidine rings is 1. The number of halogens is 1. The zero-order valence-corrected chi connectivity index (χ0v) is 17.2. The van der Waals surface area contributed by atoms with Gasteiger partial charge in [0.2, 0.25) is 5.91 Å². The molecule has 1 N–H and O–H groups in total. The van der Waals surface area contributed by atoms with Crippen molar-refractivity contribution in [1.82, 2.24) is 5.06 Å². The predicted molar refractivity (Wildman–Crippen MR) is 107 cm³/mol. The summed E-state index contributed by atoms with van der Waals surface area (Å²) >= 11 is 0. The summed E-state index contributed by atoms with van der Waals surface area (Å²) in [5, 5.41) is 21.0. The van der Waals surface area contributed by atoms with Gasteiger partial charge in [-0.2, -0.15) is 0 Å². The van der Waals surface area contributed by atoms with Gasteiger partial charge in [-0.15, -0.1) is 0 Å². The number of hydrogen-bond donors (Lipinski definition) is 1. The molecule has 31 heavy (non-hydrogen) atoms. The molecule has 1 aromatic carbocycles. The van der Waals surface area contributed by atoms with Crippen molar-refractivity contribution in [3.8, 4) is 0 Å². The Morgan fingerprint density at radius 2 is 2.10 bits per heavy atom. The van der Waals surface area contributed by atoms with Crippen molar-refractivity contribution in [2.24, 2.45) is 0 Å². The highest BCUT2D eigenvalue weighted by Crippen LogP contribution is 2.37. The van der Waals surface area contributed by atoms with E-state index in [4.69, 9.17) is 14.2 Å². The fraction of sp³-hybridized carbons (Fsp3) is 0.600. The summed E-state index contributed by atoms with van der Waals surface area (Å²) in [6, 6.07) is 4.48. The van der Waals surface area contributed by atoms with Crippen LogP contribution in [0, 0.1) is 11.0 Å². The fourth-order valence-electron chi connectivity index (χ4n) is 4.12. The van der Waals surface area contributed by atoms with Crippen molar-refractivity contribution in [3.63, 3.8) is 0 Å². The van der Waals surface area contributed by atoms with Crippen LogP contribution in [0.2, 0.25) is 0 Å². The molecule has 3 heterocycles. The number of anilines is 2. The fourth-order valence-corrected chi connectivity index (χ4v) is 4.12. The molecule has 3 saturated heterocycles. The maximum atomic E-state index is 14.9. The van der Waals surface area contributed by atoms with Gasteiger partial charge >= 0.3 is 6.09 Å². The number of amides is 2. The molecular weight excluding hydrogens is 413 g/mol. The average molecular weight is 438 g/mol. The quantitative estimate of drug-likeness (QED) is 0.682. The van der Waals surface area contributed by atoms with E-state index >= 15 is 0 Å². The van der Waals surface area contributed by atoms with Crippen LogP contribution < -0.4 is 9.80 Å². The lowest BCUT2D eigenvalue weighted by Crippen LogP contribution is -2.46. The minimum atomic E-state index is -0.774. The molecule has 170 valence electrons. The number of aliphatic hydroxyl groups excluding tert-OH is 1. The number of aliphatic hydroxyl groups is 1. The Bertz CT molecular complexity index is 846. The van der Waals surface area contributed by atoms with Gasteiger partial charge in [-0.3, -0.25) is 9.69 Å². The number of cyclic esters (lactones) is 1. The number of hydroxylamine groups is 2. The molecule has 1 aromatic rings. The third kappa shape index (κ3) is 4.45. The summed E-state index contributed by atoms with van der Waals surface area (Å²) in [4.78, 5) is 26.4. The van der Waals surface area contributed by atoms with Gasteiger partial charge in [0.05, 0.1) is 31.1 Å². The Kier molecular flexibility index (Phi) is 6.02. The van der Waals surface area contributed by atoms with Crippen LogP contribution in [0.5, 0.6) is 0 Å². The Morgan fingerprint density at radius 1 is 1.35 bits per heavy atom. The summed E-state index contributed by atoms with van der Waals surface area (Å²) in [6.45, 7) is 2.21. The number of nitrogens with zero attached hydrogens (tertiary/aromatic N) is 3. The molecule has 11 heteroatoms. The molecule has 10 nitrogen and oxygen atoms in total. The molecule has 1 spiro atoms. The second-order valence-corrected chi connectivity index (χ2v) is 7.96. The Morgan fingerprint density at radius 3 is 2.71 bits per heavy atom. The second-order valence-electron chi connectivity index (χ2n) is 7.96. The van der Waals surface area contributed by atoms with Gasteiger partial charge in [0.1, 0.15) is 18.0 Å². The van der Waals surface area contributed by atoms with Crippen LogP contribution >= 0.6 is 0 Å². The molecule has 2 unspecified atom stereocenters. The third-order valence-corrected chi connectivity index (χ3v) is 5.82. The topological polar surface area (TPSA) is 115 Å². The normalized spacial score (nSPS) is 25.2. The van der Waals surface area contributed by atoms with Crippen LogP contribution in [-0.4, -0.2) is 79.6 Å². The Labute approximate surface area is 178 Å². The van der Waals surface area contributed by atoms with E-state index in [2.05, 4.69) is 0 Å². The van der Waals surface area contributed by atoms with Crippen molar-refractivity contribution >= 4 is 23.4 Å². The minimum Gasteiger partial charge on any atom is -0.756 e.